The predicted octanol–water partition coefficient (Wildman–Crippen LogP) is 2.39. The highest BCUT2D eigenvalue weighted by Crippen LogP contribution is 2.25. The molecule has 1 saturated heterocycles. The van der Waals surface area contributed by atoms with Gasteiger partial charge in [0.1, 0.15) is 5.41 Å². The number of hydrogen-bond acceptors (Lipinski definition) is 3. The fourth-order valence-corrected chi connectivity index (χ4v) is 2.33. The zero-order chi connectivity index (χ0) is 13.4. The lowest BCUT2D eigenvalue weighted by atomic mass is 9.83. The van der Waals surface area contributed by atoms with Crippen LogP contribution in [0.5, 0.6) is 0 Å². The molecule has 1 aliphatic heterocycles. The zero-order valence-electron chi connectivity index (χ0n) is 11.5. The van der Waals surface area contributed by atoms with Crippen LogP contribution in [0.2, 0.25) is 0 Å². The van der Waals surface area contributed by atoms with Crippen molar-refractivity contribution < 1.29 is 9.53 Å². The summed E-state index contributed by atoms with van der Waals surface area (Å²) in [5, 5.41) is 12.0. The van der Waals surface area contributed by atoms with Crippen LogP contribution in [0.4, 0.5) is 0 Å². The van der Waals surface area contributed by atoms with Gasteiger partial charge in [0.2, 0.25) is 5.91 Å². The van der Waals surface area contributed by atoms with Gasteiger partial charge in [0.25, 0.3) is 0 Å². The highest BCUT2D eigenvalue weighted by molar-refractivity contribution is 5.85. The lowest BCUT2D eigenvalue weighted by molar-refractivity contribution is -0.128. The third kappa shape index (κ3) is 3.71. The molecule has 102 valence electrons. The summed E-state index contributed by atoms with van der Waals surface area (Å²) in [7, 11) is 0. The van der Waals surface area contributed by atoms with E-state index >= 15 is 0 Å². The van der Waals surface area contributed by atoms with Crippen LogP contribution in [0, 0.1) is 16.7 Å². The maximum absolute atomic E-state index is 12.0. The van der Waals surface area contributed by atoms with Crippen LogP contribution >= 0.6 is 0 Å². The molecular formula is C14H24N2O2. The fraction of sp³-hybridized carbons (Fsp3) is 0.857. The molecule has 0 aromatic carbocycles. The second-order valence-electron chi connectivity index (χ2n) is 4.93. The van der Waals surface area contributed by atoms with Crippen molar-refractivity contribution in [1.29, 1.82) is 5.26 Å². The van der Waals surface area contributed by atoms with Crippen molar-refractivity contribution in [2.75, 3.05) is 13.2 Å². The Hall–Kier alpha value is -1.08. The Labute approximate surface area is 110 Å². The van der Waals surface area contributed by atoms with Crippen molar-refractivity contribution in [2.45, 2.75) is 58.5 Å². The first kappa shape index (κ1) is 15.0. The van der Waals surface area contributed by atoms with Crippen LogP contribution in [0.25, 0.3) is 0 Å². The molecule has 0 aromatic rings. The number of nitriles is 1. The molecule has 0 aromatic heterocycles. The number of nitrogens with zero attached hydrogens (tertiary/aromatic N) is 1. The number of hydrogen-bond donors (Lipinski definition) is 1. The summed E-state index contributed by atoms with van der Waals surface area (Å²) in [5.41, 5.74) is -0.854. The van der Waals surface area contributed by atoms with Crippen molar-refractivity contribution in [3.05, 3.63) is 0 Å². The SMILES string of the molecule is CCC(C#N)(CC)C(=O)NCCC1CCCCO1. The van der Waals surface area contributed by atoms with E-state index in [1.165, 1.54) is 6.42 Å². The van der Waals surface area contributed by atoms with Crippen molar-refractivity contribution in [1.82, 2.24) is 5.32 Å². The molecule has 0 bridgehead atoms. The molecule has 0 radical (unpaired) electrons. The van der Waals surface area contributed by atoms with Gasteiger partial charge in [0.05, 0.1) is 12.2 Å². The van der Waals surface area contributed by atoms with Gasteiger partial charge in [-0.3, -0.25) is 4.79 Å². The Morgan fingerprint density at radius 3 is 2.67 bits per heavy atom. The lowest BCUT2D eigenvalue weighted by Gasteiger charge is -2.25. The van der Waals surface area contributed by atoms with E-state index < -0.39 is 5.41 Å². The van der Waals surface area contributed by atoms with Crippen LogP contribution in [-0.4, -0.2) is 25.2 Å². The Kier molecular flexibility index (Phi) is 6.14. The monoisotopic (exact) mass is 252 g/mol. The summed E-state index contributed by atoms with van der Waals surface area (Å²) in [4.78, 5) is 12.0. The van der Waals surface area contributed by atoms with E-state index in [4.69, 9.17) is 10.00 Å². The minimum atomic E-state index is -0.854. The van der Waals surface area contributed by atoms with Crippen molar-refractivity contribution >= 4 is 5.91 Å². The molecule has 0 saturated carbocycles. The molecule has 1 heterocycles. The maximum Gasteiger partial charge on any atom is 0.240 e. The third-order valence-electron chi connectivity index (χ3n) is 3.88. The molecule has 0 aliphatic carbocycles. The molecular weight excluding hydrogens is 228 g/mol. The van der Waals surface area contributed by atoms with Crippen molar-refractivity contribution in [3.63, 3.8) is 0 Å². The highest BCUT2D eigenvalue weighted by Gasteiger charge is 2.34. The predicted molar refractivity (Wildman–Crippen MR) is 69.8 cm³/mol. The Morgan fingerprint density at radius 2 is 2.17 bits per heavy atom. The second kappa shape index (κ2) is 7.38. The van der Waals surface area contributed by atoms with Crippen LogP contribution in [0.15, 0.2) is 0 Å². The normalized spacial score (nSPS) is 20.2. The van der Waals surface area contributed by atoms with Gasteiger partial charge < -0.3 is 10.1 Å². The summed E-state index contributed by atoms with van der Waals surface area (Å²) < 4.78 is 5.61. The average Bonchev–Trinajstić information content (AvgIpc) is 2.42. The van der Waals surface area contributed by atoms with Gasteiger partial charge in [-0.1, -0.05) is 13.8 Å². The van der Waals surface area contributed by atoms with Gasteiger partial charge in [-0.2, -0.15) is 5.26 Å². The number of ether oxygens (including phenoxy) is 1. The highest BCUT2D eigenvalue weighted by atomic mass is 16.5. The summed E-state index contributed by atoms with van der Waals surface area (Å²) in [6.07, 6.45) is 5.69. The maximum atomic E-state index is 12.0. The van der Waals surface area contributed by atoms with E-state index in [-0.39, 0.29) is 12.0 Å². The van der Waals surface area contributed by atoms with Crippen molar-refractivity contribution in [2.24, 2.45) is 5.41 Å². The summed E-state index contributed by atoms with van der Waals surface area (Å²) in [6.45, 7) is 5.21. The summed E-state index contributed by atoms with van der Waals surface area (Å²) in [6, 6.07) is 2.16. The molecule has 1 fully saturated rings. The topological polar surface area (TPSA) is 62.1 Å². The minimum Gasteiger partial charge on any atom is -0.378 e. The smallest absolute Gasteiger partial charge is 0.240 e. The first-order valence-corrected chi connectivity index (χ1v) is 6.99. The van der Waals surface area contributed by atoms with Crippen LogP contribution < -0.4 is 5.32 Å². The lowest BCUT2D eigenvalue weighted by Crippen LogP contribution is -2.40. The van der Waals surface area contributed by atoms with Gasteiger partial charge in [0.15, 0.2) is 0 Å². The molecule has 0 spiro atoms. The molecule has 18 heavy (non-hydrogen) atoms. The molecule has 1 N–H and O–H groups in total. The second-order valence-corrected chi connectivity index (χ2v) is 4.93. The molecule has 1 unspecified atom stereocenters. The molecule has 4 heteroatoms. The first-order chi connectivity index (χ1) is 8.68. The van der Waals surface area contributed by atoms with E-state index in [9.17, 15) is 4.79 Å². The van der Waals surface area contributed by atoms with E-state index in [0.717, 1.165) is 25.9 Å². The Balaban J connectivity index is 2.33. The molecule has 1 atom stereocenters. The first-order valence-electron chi connectivity index (χ1n) is 6.99. The van der Waals surface area contributed by atoms with E-state index in [2.05, 4.69) is 11.4 Å². The number of carbonyl (C=O) groups excluding carboxylic acids is 1. The molecule has 4 nitrogen and oxygen atoms in total. The number of carbonyl (C=O) groups is 1. The van der Waals surface area contributed by atoms with Gasteiger partial charge in [-0.25, -0.2) is 0 Å². The van der Waals surface area contributed by atoms with E-state index in [0.29, 0.717) is 19.4 Å². The Morgan fingerprint density at radius 1 is 1.44 bits per heavy atom. The van der Waals surface area contributed by atoms with Gasteiger partial charge in [0, 0.05) is 13.2 Å². The van der Waals surface area contributed by atoms with E-state index in [1.807, 2.05) is 13.8 Å². The average molecular weight is 252 g/mol. The summed E-state index contributed by atoms with van der Waals surface area (Å²) >= 11 is 0. The minimum absolute atomic E-state index is 0.134. The standard InChI is InChI=1S/C14H24N2O2/c1-3-14(4-2,11-15)13(17)16-9-8-12-7-5-6-10-18-12/h12H,3-10H2,1-2H3,(H,16,17). The third-order valence-corrected chi connectivity index (χ3v) is 3.88. The quantitative estimate of drug-likeness (QED) is 0.789. The number of amides is 1. The van der Waals surface area contributed by atoms with Crippen LogP contribution in [-0.2, 0) is 9.53 Å². The van der Waals surface area contributed by atoms with Crippen LogP contribution in [0.3, 0.4) is 0 Å². The largest absolute Gasteiger partial charge is 0.378 e. The molecule has 1 amide bonds. The summed E-state index contributed by atoms with van der Waals surface area (Å²) in [5.74, 6) is -0.134. The zero-order valence-corrected chi connectivity index (χ0v) is 11.5. The van der Waals surface area contributed by atoms with Gasteiger partial charge in [-0.15, -0.1) is 0 Å². The Bertz CT molecular complexity index is 299. The van der Waals surface area contributed by atoms with Gasteiger partial charge >= 0.3 is 0 Å². The van der Waals surface area contributed by atoms with E-state index in [1.54, 1.807) is 0 Å². The fourth-order valence-electron chi connectivity index (χ4n) is 2.33. The molecule has 1 rings (SSSR count). The number of nitrogens with one attached hydrogen (secondary N) is 1. The van der Waals surface area contributed by atoms with Crippen molar-refractivity contribution in [3.8, 4) is 6.07 Å². The molecule has 1 aliphatic rings. The van der Waals surface area contributed by atoms with Gasteiger partial charge in [-0.05, 0) is 38.5 Å². The number of rotatable bonds is 6. The van der Waals surface area contributed by atoms with Crippen LogP contribution in [0.1, 0.15) is 52.4 Å².